The van der Waals surface area contributed by atoms with Crippen LogP contribution in [0.5, 0.6) is 0 Å². The highest BCUT2D eigenvalue weighted by atomic mass is 35.5. The van der Waals surface area contributed by atoms with Gasteiger partial charge in [-0.15, -0.1) is 12.4 Å². The van der Waals surface area contributed by atoms with E-state index in [1.165, 1.54) is 0 Å². The van der Waals surface area contributed by atoms with Crippen LogP contribution < -0.4 is 5.32 Å². The molecule has 1 amide bonds. The lowest BCUT2D eigenvalue weighted by Gasteiger charge is -2.27. The first-order valence-corrected chi connectivity index (χ1v) is 8.67. The number of carbonyl (C=O) groups is 1. The third-order valence-corrected chi connectivity index (χ3v) is 5.27. The van der Waals surface area contributed by atoms with Crippen molar-refractivity contribution in [1.82, 2.24) is 20.0 Å². The second kappa shape index (κ2) is 8.83. The first-order chi connectivity index (χ1) is 11.1. The van der Waals surface area contributed by atoms with Gasteiger partial charge in [-0.2, -0.15) is 5.10 Å². The topological polar surface area (TPSA) is 59.4 Å². The fraction of sp³-hybridized carbons (Fsp3) is 0.765. The van der Waals surface area contributed by atoms with E-state index in [-0.39, 0.29) is 30.2 Å². The zero-order chi connectivity index (χ0) is 16.2. The summed E-state index contributed by atoms with van der Waals surface area (Å²) in [6, 6.07) is 0. The van der Waals surface area contributed by atoms with Gasteiger partial charge < -0.3 is 15.0 Å². The van der Waals surface area contributed by atoms with Gasteiger partial charge in [0.15, 0.2) is 0 Å². The van der Waals surface area contributed by atoms with Crippen LogP contribution in [0, 0.1) is 11.8 Å². The minimum absolute atomic E-state index is 0. The van der Waals surface area contributed by atoms with Crippen LogP contribution >= 0.6 is 12.4 Å². The Hall–Kier alpha value is -1.11. The summed E-state index contributed by atoms with van der Waals surface area (Å²) >= 11 is 0. The predicted octanol–water partition coefficient (Wildman–Crippen LogP) is 1.42. The molecule has 6 nitrogen and oxygen atoms in total. The van der Waals surface area contributed by atoms with E-state index in [1.54, 1.807) is 0 Å². The molecule has 0 radical (unpaired) electrons. The maximum atomic E-state index is 12.8. The first kappa shape index (κ1) is 19.2. The zero-order valence-corrected chi connectivity index (χ0v) is 15.4. The van der Waals surface area contributed by atoms with Crippen molar-refractivity contribution in [2.24, 2.45) is 18.9 Å². The monoisotopic (exact) mass is 356 g/mol. The lowest BCUT2D eigenvalue weighted by atomic mass is 9.89. The Morgan fingerprint density at radius 1 is 1.42 bits per heavy atom. The molecule has 2 aliphatic rings. The van der Waals surface area contributed by atoms with E-state index in [2.05, 4.69) is 10.4 Å². The normalized spacial score (nSPS) is 24.6. The van der Waals surface area contributed by atoms with E-state index < -0.39 is 0 Å². The number of nitrogens with one attached hydrogen (secondary N) is 1. The Labute approximate surface area is 150 Å². The van der Waals surface area contributed by atoms with Crippen LogP contribution in [-0.2, 0) is 16.6 Å². The van der Waals surface area contributed by atoms with Gasteiger partial charge in [0.25, 0.3) is 0 Å². The van der Waals surface area contributed by atoms with Gasteiger partial charge in [-0.05, 0) is 30.7 Å². The van der Waals surface area contributed by atoms with E-state index in [1.807, 2.05) is 36.1 Å². The molecule has 0 spiro atoms. The lowest BCUT2D eigenvalue weighted by molar-refractivity contribution is -0.134. The average Bonchev–Trinajstić information content (AvgIpc) is 3.21. The van der Waals surface area contributed by atoms with Gasteiger partial charge in [-0.25, -0.2) is 0 Å². The number of amides is 1. The van der Waals surface area contributed by atoms with Gasteiger partial charge in [-0.3, -0.25) is 9.48 Å². The molecule has 0 bridgehead atoms. The van der Waals surface area contributed by atoms with Crippen molar-refractivity contribution in [1.29, 1.82) is 0 Å². The lowest BCUT2D eigenvalue weighted by Crippen LogP contribution is -2.37. The molecule has 0 aromatic carbocycles. The van der Waals surface area contributed by atoms with Gasteiger partial charge in [0.05, 0.1) is 12.1 Å². The van der Waals surface area contributed by atoms with Crippen molar-refractivity contribution in [3.63, 3.8) is 0 Å². The van der Waals surface area contributed by atoms with Crippen molar-refractivity contribution in [2.75, 3.05) is 39.9 Å². The van der Waals surface area contributed by atoms with Crippen molar-refractivity contribution in [3.05, 3.63) is 18.0 Å². The summed E-state index contributed by atoms with van der Waals surface area (Å²) in [7, 11) is 3.86. The second-order valence-corrected chi connectivity index (χ2v) is 6.92. The molecule has 0 unspecified atom stereocenters. The molecule has 2 atom stereocenters. The standard InChI is InChI=1S/C17H28N4O2.ClH/c1-20(6-3-13-4-7-23-8-5-13)17(22)16-11-18-10-15(16)14-9-19-21(2)12-14;/h9,12-13,15-16,18H,3-8,10-11H2,1-2H3;1H/t15-,16+;/m1./s1. The fourth-order valence-corrected chi connectivity index (χ4v) is 3.72. The van der Waals surface area contributed by atoms with Crippen LogP contribution in [-0.4, -0.2) is 60.5 Å². The molecule has 24 heavy (non-hydrogen) atoms. The Kier molecular flexibility index (Phi) is 7.07. The molecular weight excluding hydrogens is 328 g/mol. The molecule has 0 saturated carbocycles. The number of halogens is 1. The van der Waals surface area contributed by atoms with Gasteiger partial charge in [0.1, 0.15) is 0 Å². The largest absolute Gasteiger partial charge is 0.381 e. The number of nitrogens with zero attached hydrogens (tertiary/aromatic N) is 3. The minimum atomic E-state index is 0. The number of ether oxygens (including phenoxy) is 1. The van der Waals surface area contributed by atoms with E-state index in [0.717, 1.165) is 57.7 Å². The Bertz CT molecular complexity index is 530. The number of carbonyl (C=O) groups excluding carboxylic acids is 1. The zero-order valence-electron chi connectivity index (χ0n) is 14.6. The summed E-state index contributed by atoms with van der Waals surface area (Å²) in [5.41, 5.74) is 1.16. The molecule has 2 fully saturated rings. The van der Waals surface area contributed by atoms with Crippen LogP contribution in [0.4, 0.5) is 0 Å². The highest BCUT2D eigenvalue weighted by Gasteiger charge is 2.36. The molecule has 1 aromatic rings. The third kappa shape index (κ3) is 4.49. The molecule has 2 aliphatic heterocycles. The Morgan fingerprint density at radius 2 is 2.17 bits per heavy atom. The SMILES string of the molecule is CN(CCC1CCOCC1)C(=O)[C@H]1CNC[C@@H]1c1cnn(C)c1.Cl. The van der Waals surface area contributed by atoms with Crippen LogP contribution in [0.15, 0.2) is 12.4 Å². The van der Waals surface area contributed by atoms with Crippen molar-refractivity contribution in [3.8, 4) is 0 Å². The molecule has 3 heterocycles. The highest BCUT2D eigenvalue weighted by Crippen LogP contribution is 2.29. The van der Waals surface area contributed by atoms with Gasteiger partial charge in [0.2, 0.25) is 5.91 Å². The Balaban J connectivity index is 0.00000208. The smallest absolute Gasteiger partial charge is 0.227 e. The van der Waals surface area contributed by atoms with E-state index in [4.69, 9.17) is 4.74 Å². The molecular formula is C17H29ClN4O2. The number of rotatable bonds is 5. The van der Waals surface area contributed by atoms with E-state index in [0.29, 0.717) is 5.92 Å². The quantitative estimate of drug-likeness (QED) is 0.866. The molecule has 1 aromatic heterocycles. The number of hydrogen-bond donors (Lipinski definition) is 1. The average molecular weight is 357 g/mol. The minimum Gasteiger partial charge on any atom is -0.381 e. The maximum absolute atomic E-state index is 12.8. The Morgan fingerprint density at radius 3 is 2.83 bits per heavy atom. The summed E-state index contributed by atoms with van der Waals surface area (Å²) in [4.78, 5) is 14.8. The van der Waals surface area contributed by atoms with Crippen molar-refractivity contribution >= 4 is 18.3 Å². The van der Waals surface area contributed by atoms with E-state index in [9.17, 15) is 4.79 Å². The summed E-state index contributed by atoms with van der Waals surface area (Å²) < 4.78 is 7.21. The van der Waals surface area contributed by atoms with Crippen LogP contribution in [0.2, 0.25) is 0 Å². The van der Waals surface area contributed by atoms with E-state index >= 15 is 0 Å². The van der Waals surface area contributed by atoms with Gasteiger partial charge in [0, 0.05) is 59.1 Å². The number of aromatic nitrogens is 2. The third-order valence-electron chi connectivity index (χ3n) is 5.27. The van der Waals surface area contributed by atoms with Crippen LogP contribution in [0.25, 0.3) is 0 Å². The first-order valence-electron chi connectivity index (χ1n) is 8.67. The molecule has 1 N–H and O–H groups in total. The van der Waals surface area contributed by atoms with Crippen molar-refractivity contribution in [2.45, 2.75) is 25.2 Å². The summed E-state index contributed by atoms with van der Waals surface area (Å²) in [6.07, 6.45) is 7.26. The second-order valence-electron chi connectivity index (χ2n) is 6.92. The van der Waals surface area contributed by atoms with Gasteiger partial charge >= 0.3 is 0 Å². The molecule has 3 rings (SSSR count). The van der Waals surface area contributed by atoms with Crippen LogP contribution in [0.1, 0.15) is 30.7 Å². The molecule has 7 heteroatoms. The number of aryl methyl sites for hydroxylation is 1. The summed E-state index contributed by atoms with van der Waals surface area (Å²) in [6.45, 7) is 4.21. The molecule has 0 aliphatic carbocycles. The van der Waals surface area contributed by atoms with Crippen LogP contribution in [0.3, 0.4) is 0 Å². The number of hydrogen-bond acceptors (Lipinski definition) is 4. The summed E-state index contributed by atoms with van der Waals surface area (Å²) in [5, 5.41) is 7.62. The van der Waals surface area contributed by atoms with Gasteiger partial charge in [-0.1, -0.05) is 0 Å². The fourth-order valence-electron chi connectivity index (χ4n) is 3.72. The predicted molar refractivity (Wildman–Crippen MR) is 95.4 cm³/mol. The summed E-state index contributed by atoms with van der Waals surface area (Å²) in [5.74, 6) is 1.23. The molecule has 2 saturated heterocycles. The van der Waals surface area contributed by atoms with Crippen molar-refractivity contribution < 1.29 is 9.53 Å². The molecule has 136 valence electrons. The maximum Gasteiger partial charge on any atom is 0.227 e. The highest BCUT2D eigenvalue weighted by molar-refractivity contribution is 5.85.